The molecule has 1 rings (SSSR count). The van der Waals surface area contributed by atoms with E-state index in [-0.39, 0.29) is 23.5 Å². The zero-order chi connectivity index (χ0) is 12.5. The SMILES string of the molecule is CCC1NC(C)N(CC(C)(C)C(C)C)C1=O. The van der Waals surface area contributed by atoms with E-state index < -0.39 is 0 Å². The van der Waals surface area contributed by atoms with E-state index in [1.165, 1.54) is 0 Å². The summed E-state index contributed by atoms with van der Waals surface area (Å²) in [5, 5.41) is 3.34. The third-order valence-corrected chi connectivity index (χ3v) is 4.04. The molecule has 0 aromatic heterocycles. The van der Waals surface area contributed by atoms with Gasteiger partial charge in [-0.25, -0.2) is 0 Å². The van der Waals surface area contributed by atoms with Gasteiger partial charge < -0.3 is 4.90 Å². The lowest BCUT2D eigenvalue weighted by Crippen LogP contribution is -2.43. The second-order valence-electron chi connectivity index (χ2n) is 5.91. The number of nitrogens with one attached hydrogen (secondary N) is 1. The zero-order valence-electron chi connectivity index (χ0n) is 11.5. The van der Waals surface area contributed by atoms with Gasteiger partial charge in [-0.3, -0.25) is 10.1 Å². The first kappa shape index (κ1) is 13.5. The lowest BCUT2D eigenvalue weighted by molar-refractivity contribution is -0.131. The average molecular weight is 226 g/mol. The molecular formula is C13H26N2O. The molecule has 1 saturated heterocycles. The molecule has 0 aromatic rings. The molecule has 1 heterocycles. The summed E-state index contributed by atoms with van der Waals surface area (Å²) < 4.78 is 0. The maximum absolute atomic E-state index is 12.1. The first-order valence-electron chi connectivity index (χ1n) is 6.36. The van der Waals surface area contributed by atoms with Crippen LogP contribution in [-0.4, -0.2) is 29.6 Å². The van der Waals surface area contributed by atoms with Crippen LogP contribution in [0.2, 0.25) is 0 Å². The van der Waals surface area contributed by atoms with E-state index >= 15 is 0 Å². The summed E-state index contributed by atoms with van der Waals surface area (Å²) in [4.78, 5) is 14.1. The lowest BCUT2D eigenvalue weighted by atomic mass is 9.80. The molecule has 0 saturated carbocycles. The summed E-state index contributed by atoms with van der Waals surface area (Å²) in [6.45, 7) is 13.9. The summed E-state index contributed by atoms with van der Waals surface area (Å²) >= 11 is 0. The molecule has 1 fully saturated rings. The number of nitrogens with zero attached hydrogens (tertiary/aromatic N) is 1. The van der Waals surface area contributed by atoms with E-state index in [1.54, 1.807) is 0 Å². The Morgan fingerprint density at radius 1 is 1.44 bits per heavy atom. The van der Waals surface area contributed by atoms with Gasteiger partial charge in [0.15, 0.2) is 0 Å². The average Bonchev–Trinajstić information content (AvgIpc) is 2.44. The highest BCUT2D eigenvalue weighted by molar-refractivity contribution is 5.84. The third kappa shape index (κ3) is 2.57. The molecule has 0 radical (unpaired) electrons. The van der Waals surface area contributed by atoms with Crippen LogP contribution in [0.1, 0.15) is 48.0 Å². The summed E-state index contributed by atoms with van der Waals surface area (Å²) in [5.41, 5.74) is 0.175. The van der Waals surface area contributed by atoms with Gasteiger partial charge in [0.25, 0.3) is 0 Å². The van der Waals surface area contributed by atoms with Gasteiger partial charge in [0.05, 0.1) is 12.2 Å². The van der Waals surface area contributed by atoms with Crippen molar-refractivity contribution in [3.8, 4) is 0 Å². The molecule has 0 spiro atoms. The molecule has 0 aromatic carbocycles. The standard InChI is InChI=1S/C13H26N2O/c1-7-11-12(16)15(10(4)14-11)8-13(5,6)9(2)3/h9-11,14H,7-8H2,1-6H3. The smallest absolute Gasteiger partial charge is 0.241 e. The molecule has 1 N–H and O–H groups in total. The molecule has 0 bridgehead atoms. The van der Waals surface area contributed by atoms with Gasteiger partial charge in [0.2, 0.25) is 5.91 Å². The van der Waals surface area contributed by atoms with Crippen molar-refractivity contribution in [2.45, 2.75) is 60.2 Å². The molecule has 2 unspecified atom stereocenters. The van der Waals surface area contributed by atoms with Crippen LogP contribution in [0.3, 0.4) is 0 Å². The highest BCUT2D eigenvalue weighted by Gasteiger charge is 2.38. The van der Waals surface area contributed by atoms with Crippen molar-refractivity contribution in [2.75, 3.05) is 6.54 Å². The fourth-order valence-electron chi connectivity index (χ4n) is 1.97. The topological polar surface area (TPSA) is 32.3 Å². The maximum Gasteiger partial charge on any atom is 0.241 e. The van der Waals surface area contributed by atoms with E-state index in [1.807, 2.05) is 4.90 Å². The van der Waals surface area contributed by atoms with Crippen LogP contribution in [0.4, 0.5) is 0 Å². The predicted octanol–water partition coefficient (Wildman–Crippen LogP) is 2.22. The van der Waals surface area contributed by atoms with E-state index in [9.17, 15) is 4.79 Å². The number of hydrogen-bond acceptors (Lipinski definition) is 2. The second kappa shape index (κ2) is 4.74. The van der Waals surface area contributed by atoms with Gasteiger partial charge in [0, 0.05) is 6.54 Å². The Kier molecular flexibility index (Phi) is 4.00. The van der Waals surface area contributed by atoms with Crippen molar-refractivity contribution in [1.82, 2.24) is 10.2 Å². The zero-order valence-corrected chi connectivity index (χ0v) is 11.5. The van der Waals surface area contributed by atoms with Crippen LogP contribution in [0.15, 0.2) is 0 Å². The Bertz CT molecular complexity index is 261. The van der Waals surface area contributed by atoms with Crippen LogP contribution >= 0.6 is 0 Å². The van der Waals surface area contributed by atoms with E-state index in [0.29, 0.717) is 5.92 Å². The minimum atomic E-state index is 0.0259. The molecule has 1 amide bonds. The molecule has 3 nitrogen and oxygen atoms in total. The largest absolute Gasteiger partial charge is 0.326 e. The van der Waals surface area contributed by atoms with Crippen molar-refractivity contribution in [1.29, 1.82) is 0 Å². The van der Waals surface area contributed by atoms with Crippen molar-refractivity contribution < 1.29 is 4.79 Å². The molecule has 94 valence electrons. The first-order chi connectivity index (χ1) is 7.29. The minimum Gasteiger partial charge on any atom is -0.326 e. The van der Waals surface area contributed by atoms with Crippen LogP contribution < -0.4 is 5.32 Å². The first-order valence-corrected chi connectivity index (χ1v) is 6.36. The number of hydrogen-bond donors (Lipinski definition) is 1. The van der Waals surface area contributed by atoms with Crippen molar-refractivity contribution >= 4 is 5.91 Å². The molecular weight excluding hydrogens is 200 g/mol. The summed E-state index contributed by atoms with van der Waals surface area (Å²) in [6.07, 6.45) is 1.05. The number of amides is 1. The Labute approximate surface area is 99.6 Å². The minimum absolute atomic E-state index is 0.0259. The number of rotatable bonds is 4. The Balaban J connectivity index is 2.71. The van der Waals surface area contributed by atoms with Crippen LogP contribution in [0, 0.1) is 11.3 Å². The summed E-state index contributed by atoms with van der Waals surface area (Å²) in [5.74, 6) is 0.844. The van der Waals surface area contributed by atoms with Crippen LogP contribution in [0.25, 0.3) is 0 Å². The van der Waals surface area contributed by atoms with Crippen molar-refractivity contribution in [3.05, 3.63) is 0 Å². The highest BCUT2D eigenvalue weighted by Crippen LogP contribution is 2.29. The van der Waals surface area contributed by atoms with Gasteiger partial charge in [0.1, 0.15) is 0 Å². The van der Waals surface area contributed by atoms with Crippen LogP contribution in [-0.2, 0) is 4.79 Å². The van der Waals surface area contributed by atoms with Crippen molar-refractivity contribution in [3.63, 3.8) is 0 Å². The maximum atomic E-state index is 12.1. The molecule has 0 aliphatic carbocycles. The van der Waals surface area contributed by atoms with Gasteiger partial charge >= 0.3 is 0 Å². The molecule has 3 heteroatoms. The second-order valence-corrected chi connectivity index (χ2v) is 5.91. The summed E-state index contributed by atoms with van der Waals surface area (Å²) in [6, 6.07) is 0.0259. The fraction of sp³-hybridized carbons (Fsp3) is 0.923. The molecule has 2 atom stereocenters. The van der Waals surface area contributed by atoms with E-state index in [2.05, 4.69) is 46.9 Å². The number of carbonyl (C=O) groups is 1. The normalized spacial score (nSPS) is 26.9. The molecule has 1 aliphatic rings. The Morgan fingerprint density at radius 2 is 2.00 bits per heavy atom. The monoisotopic (exact) mass is 226 g/mol. The van der Waals surface area contributed by atoms with Gasteiger partial charge in [-0.2, -0.15) is 0 Å². The number of carbonyl (C=O) groups excluding carboxylic acids is 1. The molecule has 1 aliphatic heterocycles. The van der Waals surface area contributed by atoms with Gasteiger partial charge in [-0.05, 0) is 24.7 Å². The Morgan fingerprint density at radius 3 is 2.38 bits per heavy atom. The fourth-order valence-corrected chi connectivity index (χ4v) is 1.97. The van der Waals surface area contributed by atoms with Gasteiger partial charge in [-0.1, -0.05) is 34.6 Å². The third-order valence-electron chi connectivity index (χ3n) is 4.04. The Hall–Kier alpha value is -0.570. The highest BCUT2D eigenvalue weighted by atomic mass is 16.2. The van der Waals surface area contributed by atoms with Crippen molar-refractivity contribution in [2.24, 2.45) is 11.3 Å². The van der Waals surface area contributed by atoms with Crippen LogP contribution in [0.5, 0.6) is 0 Å². The lowest BCUT2D eigenvalue weighted by Gasteiger charge is -2.35. The van der Waals surface area contributed by atoms with E-state index in [4.69, 9.17) is 0 Å². The quantitative estimate of drug-likeness (QED) is 0.797. The predicted molar refractivity (Wildman–Crippen MR) is 67.0 cm³/mol. The van der Waals surface area contributed by atoms with Gasteiger partial charge in [-0.15, -0.1) is 0 Å². The molecule has 16 heavy (non-hydrogen) atoms. The van der Waals surface area contributed by atoms with E-state index in [0.717, 1.165) is 13.0 Å². The summed E-state index contributed by atoms with van der Waals surface area (Å²) in [7, 11) is 0.